The average Bonchev–Trinajstić information content (AvgIpc) is 3.31. The first-order chi connectivity index (χ1) is 12.3. The van der Waals surface area contributed by atoms with Crippen LogP contribution in [-0.4, -0.2) is 41.6 Å². The molecule has 0 spiro atoms. The molecule has 0 radical (unpaired) electrons. The minimum Gasteiger partial charge on any atom is -0.372 e. The Morgan fingerprint density at radius 3 is 3.24 bits per heavy atom. The topological polar surface area (TPSA) is 51.7 Å². The van der Waals surface area contributed by atoms with Crippen LogP contribution in [0.25, 0.3) is 0 Å². The Kier molecular flexibility index (Phi) is 5.10. The van der Waals surface area contributed by atoms with Crippen molar-refractivity contribution >= 4 is 17.2 Å². The standard InChI is InChI=1S/C19H22N2O3S/c22-18(11-17-19-14(5-9-23-17)6-10-25-19)21-8-4-16(12-21)24-13-15-3-1-2-7-20-15/h1-3,6-7,10,16-17H,4-5,8-9,11-13H2/t16-,17+/m1/s1. The van der Waals surface area contributed by atoms with E-state index in [1.165, 1.54) is 10.4 Å². The Morgan fingerprint density at radius 1 is 1.40 bits per heavy atom. The number of pyridine rings is 1. The number of carbonyl (C=O) groups excluding carboxylic acids is 1. The Bertz CT molecular complexity index is 718. The fourth-order valence-corrected chi connectivity index (χ4v) is 4.44. The number of carbonyl (C=O) groups is 1. The van der Waals surface area contributed by atoms with Gasteiger partial charge in [0.15, 0.2) is 0 Å². The molecule has 4 heterocycles. The monoisotopic (exact) mass is 358 g/mol. The molecule has 1 fully saturated rings. The van der Waals surface area contributed by atoms with Crippen molar-refractivity contribution in [2.24, 2.45) is 0 Å². The molecule has 0 N–H and O–H groups in total. The van der Waals surface area contributed by atoms with Gasteiger partial charge in [0.05, 0.1) is 31.4 Å². The Morgan fingerprint density at radius 2 is 2.36 bits per heavy atom. The number of thiophene rings is 1. The molecular formula is C19H22N2O3S. The van der Waals surface area contributed by atoms with E-state index in [9.17, 15) is 4.79 Å². The Balaban J connectivity index is 1.28. The average molecular weight is 358 g/mol. The zero-order chi connectivity index (χ0) is 17.1. The Hall–Kier alpha value is -1.76. The normalized spacial score (nSPS) is 22.8. The summed E-state index contributed by atoms with van der Waals surface area (Å²) in [5.74, 6) is 0.162. The third-order valence-corrected chi connectivity index (χ3v) is 5.87. The number of nitrogens with zero attached hydrogens (tertiary/aromatic N) is 2. The maximum Gasteiger partial charge on any atom is 0.225 e. The van der Waals surface area contributed by atoms with Crippen LogP contribution in [0.15, 0.2) is 35.8 Å². The molecule has 5 nitrogen and oxygen atoms in total. The predicted molar refractivity (Wildman–Crippen MR) is 95.3 cm³/mol. The number of amides is 1. The van der Waals surface area contributed by atoms with Gasteiger partial charge in [-0.25, -0.2) is 0 Å². The van der Waals surface area contributed by atoms with Gasteiger partial charge in [-0.1, -0.05) is 6.07 Å². The highest BCUT2D eigenvalue weighted by Gasteiger charge is 2.31. The molecule has 4 rings (SSSR count). The van der Waals surface area contributed by atoms with Crippen LogP contribution in [0.5, 0.6) is 0 Å². The molecule has 2 aromatic rings. The molecule has 1 amide bonds. The second-order valence-electron chi connectivity index (χ2n) is 6.51. The lowest BCUT2D eigenvalue weighted by Gasteiger charge is -2.25. The molecule has 25 heavy (non-hydrogen) atoms. The number of likely N-dealkylation sites (tertiary alicyclic amines) is 1. The van der Waals surface area contributed by atoms with Crippen LogP contribution in [-0.2, 0) is 27.3 Å². The quantitative estimate of drug-likeness (QED) is 0.825. The number of ether oxygens (including phenoxy) is 2. The molecule has 0 aliphatic carbocycles. The number of fused-ring (bicyclic) bond motifs is 1. The van der Waals surface area contributed by atoms with Crippen molar-refractivity contribution < 1.29 is 14.3 Å². The number of aromatic nitrogens is 1. The molecule has 1 saturated heterocycles. The van der Waals surface area contributed by atoms with Gasteiger partial charge in [0, 0.05) is 24.2 Å². The van der Waals surface area contributed by atoms with E-state index in [2.05, 4.69) is 16.4 Å². The molecule has 6 heteroatoms. The van der Waals surface area contributed by atoms with Gasteiger partial charge in [-0.3, -0.25) is 9.78 Å². The van der Waals surface area contributed by atoms with Crippen LogP contribution in [0.1, 0.15) is 35.1 Å². The second kappa shape index (κ2) is 7.64. The lowest BCUT2D eigenvalue weighted by molar-refractivity contribution is -0.134. The second-order valence-corrected chi connectivity index (χ2v) is 7.45. The summed E-state index contributed by atoms with van der Waals surface area (Å²) in [5.41, 5.74) is 2.26. The third kappa shape index (κ3) is 3.92. The van der Waals surface area contributed by atoms with Crippen molar-refractivity contribution in [3.63, 3.8) is 0 Å². The van der Waals surface area contributed by atoms with Crippen molar-refractivity contribution in [3.8, 4) is 0 Å². The molecule has 2 aliphatic rings. The van der Waals surface area contributed by atoms with E-state index < -0.39 is 0 Å². The van der Waals surface area contributed by atoms with Crippen LogP contribution < -0.4 is 0 Å². The van der Waals surface area contributed by atoms with E-state index >= 15 is 0 Å². The van der Waals surface area contributed by atoms with Gasteiger partial charge in [-0.2, -0.15) is 0 Å². The molecule has 0 unspecified atom stereocenters. The SMILES string of the molecule is O=C(C[C@@H]1OCCc2ccsc21)N1CC[C@@H](OCc2ccccn2)C1. The van der Waals surface area contributed by atoms with Gasteiger partial charge in [-0.05, 0) is 42.0 Å². The fraction of sp³-hybridized carbons (Fsp3) is 0.474. The first-order valence-electron chi connectivity index (χ1n) is 8.77. The largest absolute Gasteiger partial charge is 0.372 e. The van der Waals surface area contributed by atoms with E-state index in [1.54, 1.807) is 17.5 Å². The summed E-state index contributed by atoms with van der Waals surface area (Å²) >= 11 is 1.70. The van der Waals surface area contributed by atoms with Gasteiger partial charge in [0.25, 0.3) is 0 Å². The minimum absolute atomic E-state index is 0.0789. The summed E-state index contributed by atoms with van der Waals surface area (Å²) < 4.78 is 11.8. The summed E-state index contributed by atoms with van der Waals surface area (Å²) in [7, 11) is 0. The zero-order valence-corrected chi connectivity index (χ0v) is 14.9. The maximum atomic E-state index is 12.6. The minimum atomic E-state index is -0.0789. The predicted octanol–water partition coefficient (Wildman–Crippen LogP) is 2.96. The molecule has 0 saturated carbocycles. The van der Waals surface area contributed by atoms with Gasteiger partial charge in [0.1, 0.15) is 6.10 Å². The summed E-state index contributed by atoms with van der Waals surface area (Å²) in [6.07, 6.45) is 4.05. The van der Waals surface area contributed by atoms with Crippen molar-refractivity contribution in [2.75, 3.05) is 19.7 Å². The first kappa shape index (κ1) is 16.7. The highest BCUT2D eigenvalue weighted by atomic mass is 32.1. The third-order valence-electron chi connectivity index (χ3n) is 4.81. The molecule has 0 bridgehead atoms. The summed E-state index contributed by atoms with van der Waals surface area (Å²) in [6, 6.07) is 7.96. The maximum absolute atomic E-state index is 12.6. The molecule has 2 aromatic heterocycles. The van der Waals surface area contributed by atoms with Gasteiger partial charge in [0.2, 0.25) is 5.91 Å². The molecule has 0 aromatic carbocycles. The van der Waals surface area contributed by atoms with Crippen molar-refractivity contribution in [2.45, 2.75) is 38.1 Å². The van der Waals surface area contributed by atoms with Gasteiger partial charge >= 0.3 is 0 Å². The van der Waals surface area contributed by atoms with Crippen LogP contribution in [0.3, 0.4) is 0 Å². The number of hydrogen-bond acceptors (Lipinski definition) is 5. The van der Waals surface area contributed by atoms with E-state index in [0.717, 1.165) is 25.1 Å². The Labute approximate surface area is 151 Å². The number of rotatable bonds is 5. The molecule has 2 aliphatic heterocycles. The van der Waals surface area contributed by atoms with E-state index in [4.69, 9.17) is 9.47 Å². The lowest BCUT2D eigenvalue weighted by Crippen LogP contribution is -2.32. The van der Waals surface area contributed by atoms with Gasteiger partial charge in [-0.15, -0.1) is 11.3 Å². The van der Waals surface area contributed by atoms with Crippen LogP contribution >= 0.6 is 11.3 Å². The van der Waals surface area contributed by atoms with Crippen molar-refractivity contribution in [3.05, 3.63) is 52.0 Å². The lowest BCUT2D eigenvalue weighted by atomic mass is 10.1. The fourth-order valence-electron chi connectivity index (χ4n) is 3.44. The van der Waals surface area contributed by atoms with E-state index in [-0.39, 0.29) is 18.1 Å². The summed E-state index contributed by atoms with van der Waals surface area (Å²) in [6.45, 7) is 2.63. The highest BCUT2D eigenvalue weighted by molar-refractivity contribution is 7.10. The summed E-state index contributed by atoms with van der Waals surface area (Å²) in [5, 5.41) is 2.09. The number of hydrogen-bond donors (Lipinski definition) is 0. The first-order valence-corrected chi connectivity index (χ1v) is 9.64. The molecular weight excluding hydrogens is 336 g/mol. The zero-order valence-electron chi connectivity index (χ0n) is 14.1. The molecule has 132 valence electrons. The van der Waals surface area contributed by atoms with E-state index in [1.807, 2.05) is 23.1 Å². The van der Waals surface area contributed by atoms with Crippen LogP contribution in [0.2, 0.25) is 0 Å². The van der Waals surface area contributed by atoms with Gasteiger partial charge < -0.3 is 14.4 Å². The van der Waals surface area contributed by atoms with Crippen LogP contribution in [0, 0.1) is 0 Å². The highest BCUT2D eigenvalue weighted by Crippen LogP contribution is 2.34. The van der Waals surface area contributed by atoms with E-state index in [0.29, 0.717) is 26.2 Å². The van der Waals surface area contributed by atoms with Crippen molar-refractivity contribution in [1.29, 1.82) is 0 Å². The summed E-state index contributed by atoms with van der Waals surface area (Å²) in [4.78, 5) is 20.0. The molecule has 2 atom stereocenters. The van der Waals surface area contributed by atoms with Crippen molar-refractivity contribution in [1.82, 2.24) is 9.88 Å². The smallest absolute Gasteiger partial charge is 0.225 e. The van der Waals surface area contributed by atoms with Crippen LogP contribution in [0.4, 0.5) is 0 Å².